The van der Waals surface area contributed by atoms with Gasteiger partial charge in [-0.2, -0.15) is 0 Å². The summed E-state index contributed by atoms with van der Waals surface area (Å²) in [6, 6.07) is 0. The van der Waals surface area contributed by atoms with Gasteiger partial charge in [0.25, 0.3) is 5.95 Å². The van der Waals surface area contributed by atoms with Gasteiger partial charge in [0.2, 0.25) is 0 Å². The SMILES string of the molecule is CCCCCCCCC(OC(OC)=C(C)C)C(C)(C)C. The first-order valence-electron chi connectivity index (χ1n) is 8.21. The van der Waals surface area contributed by atoms with E-state index in [1.165, 1.54) is 38.5 Å². The molecule has 120 valence electrons. The molecule has 0 bridgehead atoms. The van der Waals surface area contributed by atoms with Crippen LogP contribution in [0.4, 0.5) is 0 Å². The highest BCUT2D eigenvalue weighted by Gasteiger charge is 2.27. The van der Waals surface area contributed by atoms with Crippen LogP contribution in [-0.4, -0.2) is 13.2 Å². The Morgan fingerprint density at radius 3 is 1.95 bits per heavy atom. The number of methoxy groups -OCH3 is 1. The Morgan fingerprint density at radius 1 is 0.950 bits per heavy atom. The summed E-state index contributed by atoms with van der Waals surface area (Å²) in [7, 11) is 1.69. The van der Waals surface area contributed by atoms with Crippen LogP contribution in [0.5, 0.6) is 0 Å². The van der Waals surface area contributed by atoms with Crippen molar-refractivity contribution >= 4 is 0 Å². The van der Waals surface area contributed by atoms with Crippen molar-refractivity contribution < 1.29 is 9.47 Å². The first-order chi connectivity index (χ1) is 9.32. The van der Waals surface area contributed by atoms with E-state index in [2.05, 4.69) is 27.7 Å². The van der Waals surface area contributed by atoms with Gasteiger partial charge in [0.15, 0.2) is 0 Å². The third-order valence-corrected chi connectivity index (χ3v) is 3.63. The van der Waals surface area contributed by atoms with Crippen LogP contribution >= 0.6 is 0 Å². The molecular weight excluding hydrogens is 248 g/mol. The third-order valence-electron chi connectivity index (χ3n) is 3.63. The first kappa shape index (κ1) is 19.3. The molecule has 2 nitrogen and oxygen atoms in total. The topological polar surface area (TPSA) is 18.5 Å². The van der Waals surface area contributed by atoms with Gasteiger partial charge in [0.1, 0.15) is 6.10 Å². The maximum absolute atomic E-state index is 6.11. The van der Waals surface area contributed by atoms with E-state index in [1.807, 2.05) is 13.8 Å². The molecule has 20 heavy (non-hydrogen) atoms. The molecular formula is C18H36O2. The number of rotatable bonds is 10. The molecule has 0 amide bonds. The van der Waals surface area contributed by atoms with Gasteiger partial charge >= 0.3 is 0 Å². The number of ether oxygens (including phenoxy) is 2. The van der Waals surface area contributed by atoms with Crippen LogP contribution in [0.15, 0.2) is 11.5 Å². The van der Waals surface area contributed by atoms with Crippen molar-refractivity contribution in [3.8, 4) is 0 Å². The number of unbranched alkanes of at least 4 members (excludes halogenated alkanes) is 5. The number of hydrogen-bond acceptors (Lipinski definition) is 2. The molecule has 2 heteroatoms. The molecule has 0 saturated heterocycles. The fourth-order valence-electron chi connectivity index (χ4n) is 2.28. The minimum absolute atomic E-state index is 0.142. The van der Waals surface area contributed by atoms with Crippen molar-refractivity contribution in [1.29, 1.82) is 0 Å². The molecule has 0 aromatic carbocycles. The minimum Gasteiger partial charge on any atom is -0.469 e. The summed E-state index contributed by atoms with van der Waals surface area (Å²) in [5.41, 5.74) is 1.24. The van der Waals surface area contributed by atoms with Crippen LogP contribution in [0.25, 0.3) is 0 Å². The second-order valence-corrected chi connectivity index (χ2v) is 7.02. The van der Waals surface area contributed by atoms with Crippen LogP contribution < -0.4 is 0 Å². The molecule has 0 aliphatic rings. The summed E-state index contributed by atoms with van der Waals surface area (Å²) in [6.45, 7) is 13.1. The molecule has 0 fully saturated rings. The number of hydrogen-bond donors (Lipinski definition) is 0. The monoisotopic (exact) mass is 284 g/mol. The summed E-state index contributed by atoms with van der Waals surface area (Å²) in [5.74, 6) is 0.691. The van der Waals surface area contributed by atoms with Gasteiger partial charge in [0, 0.05) is 5.57 Å². The smallest absolute Gasteiger partial charge is 0.277 e. The lowest BCUT2D eigenvalue weighted by molar-refractivity contribution is -0.0466. The predicted octanol–water partition coefficient (Wildman–Crippen LogP) is 6.07. The van der Waals surface area contributed by atoms with Gasteiger partial charge < -0.3 is 9.47 Å². The van der Waals surface area contributed by atoms with Crippen molar-refractivity contribution in [2.75, 3.05) is 7.11 Å². The first-order valence-corrected chi connectivity index (χ1v) is 8.21. The molecule has 0 aromatic heterocycles. The molecule has 1 atom stereocenters. The molecule has 1 unspecified atom stereocenters. The standard InChI is InChI=1S/C18H36O2/c1-8-9-10-11-12-13-14-16(18(4,5)6)20-17(19-7)15(2)3/h16H,8-14H2,1-7H3. The highest BCUT2D eigenvalue weighted by atomic mass is 16.7. The van der Waals surface area contributed by atoms with Crippen molar-refractivity contribution in [3.05, 3.63) is 11.5 Å². The van der Waals surface area contributed by atoms with E-state index in [1.54, 1.807) is 7.11 Å². The van der Waals surface area contributed by atoms with E-state index >= 15 is 0 Å². The van der Waals surface area contributed by atoms with Gasteiger partial charge in [-0.25, -0.2) is 0 Å². The van der Waals surface area contributed by atoms with Crippen molar-refractivity contribution in [3.63, 3.8) is 0 Å². The normalized spacial score (nSPS) is 12.9. The lowest BCUT2D eigenvalue weighted by atomic mass is 9.85. The van der Waals surface area contributed by atoms with E-state index in [-0.39, 0.29) is 11.5 Å². The van der Waals surface area contributed by atoms with Crippen LogP contribution in [0.2, 0.25) is 0 Å². The third kappa shape index (κ3) is 8.50. The van der Waals surface area contributed by atoms with Crippen LogP contribution in [0, 0.1) is 5.41 Å². The molecule has 0 aromatic rings. The second kappa shape index (κ2) is 10.1. The van der Waals surface area contributed by atoms with E-state index in [0.29, 0.717) is 5.95 Å². The Bertz CT molecular complexity index is 270. The Hall–Kier alpha value is -0.660. The van der Waals surface area contributed by atoms with Crippen molar-refractivity contribution in [2.45, 2.75) is 92.6 Å². The second-order valence-electron chi connectivity index (χ2n) is 7.02. The maximum Gasteiger partial charge on any atom is 0.277 e. The molecule has 0 spiro atoms. The summed E-state index contributed by atoms with van der Waals surface area (Å²) < 4.78 is 11.5. The zero-order valence-electron chi connectivity index (χ0n) is 14.8. The molecule has 0 rings (SSSR count). The quantitative estimate of drug-likeness (QED) is 0.358. The van der Waals surface area contributed by atoms with Gasteiger partial charge in [-0.15, -0.1) is 0 Å². The van der Waals surface area contributed by atoms with Gasteiger partial charge in [0.05, 0.1) is 7.11 Å². The summed E-state index contributed by atoms with van der Waals surface area (Å²) in [4.78, 5) is 0. The minimum atomic E-state index is 0.142. The number of allylic oxidation sites excluding steroid dienone is 1. The summed E-state index contributed by atoms with van der Waals surface area (Å²) in [6.07, 6.45) is 9.28. The Balaban J connectivity index is 4.28. The van der Waals surface area contributed by atoms with Crippen LogP contribution in [0.3, 0.4) is 0 Å². The lowest BCUT2D eigenvalue weighted by Gasteiger charge is -2.32. The van der Waals surface area contributed by atoms with E-state index in [9.17, 15) is 0 Å². The Labute approximate surface area is 126 Å². The summed E-state index contributed by atoms with van der Waals surface area (Å²) >= 11 is 0. The molecule has 0 radical (unpaired) electrons. The van der Waals surface area contributed by atoms with Gasteiger partial charge in [-0.05, 0) is 32.1 Å². The van der Waals surface area contributed by atoms with E-state index < -0.39 is 0 Å². The maximum atomic E-state index is 6.11. The Kier molecular flexibility index (Phi) is 9.79. The van der Waals surface area contributed by atoms with E-state index in [4.69, 9.17) is 9.47 Å². The van der Waals surface area contributed by atoms with Crippen LogP contribution in [-0.2, 0) is 9.47 Å². The average molecular weight is 284 g/mol. The molecule has 0 heterocycles. The van der Waals surface area contributed by atoms with Crippen molar-refractivity contribution in [1.82, 2.24) is 0 Å². The fourth-order valence-corrected chi connectivity index (χ4v) is 2.28. The average Bonchev–Trinajstić information content (AvgIpc) is 2.35. The summed E-state index contributed by atoms with van der Waals surface area (Å²) in [5, 5.41) is 0. The van der Waals surface area contributed by atoms with Crippen molar-refractivity contribution in [2.24, 2.45) is 5.41 Å². The zero-order valence-corrected chi connectivity index (χ0v) is 14.8. The highest BCUT2D eigenvalue weighted by molar-refractivity contribution is 4.96. The largest absolute Gasteiger partial charge is 0.469 e. The van der Waals surface area contributed by atoms with Crippen LogP contribution in [0.1, 0.15) is 86.5 Å². The predicted molar refractivity (Wildman–Crippen MR) is 87.7 cm³/mol. The molecule has 0 N–H and O–H groups in total. The fraction of sp³-hybridized carbons (Fsp3) is 0.889. The lowest BCUT2D eigenvalue weighted by Crippen LogP contribution is -2.29. The van der Waals surface area contributed by atoms with Gasteiger partial charge in [-0.1, -0.05) is 59.8 Å². The Morgan fingerprint density at radius 2 is 1.50 bits per heavy atom. The molecule has 0 saturated carbocycles. The highest BCUT2D eigenvalue weighted by Crippen LogP contribution is 2.29. The van der Waals surface area contributed by atoms with E-state index in [0.717, 1.165) is 12.0 Å². The molecule has 0 aliphatic heterocycles. The molecule has 0 aliphatic carbocycles. The van der Waals surface area contributed by atoms with Gasteiger partial charge in [-0.3, -0.25) is 0 Å². The zero-order chi connectivity index (χ0) is 15.6.